The summed E-state index contributed by atoms with van der Waals surface area (Å²) in [5.74, 6) is -0.289. The van der Waals surface area contributed by atoms with Crippen LogP contribution in [0.4, 0.5) is 10.1 Å². The highest BCUT2D eigenvalue weighted by Gasteiger charge is 2.15. The summed E-state index contributed by atoms with van der Waals surface area (Å²) in [4.78, 5) is 1.96. The maximum Gasteiger partial charge on any atom is 0.123 e. The third-order valence-corrected chi connectivity index (χ3v) is 2.91. The molecule has 3 nitrogen and oxygen atoms in total. The minimum Gasteiger partial charge on any atom is -0.371 e. The molecule has 0 radical (unpaired) electrons. The molecule has 0 aromatic heterocycles. The molecule has 2 atom stereocenters. The Morgan fingerprint density at radius 1 is 1.47 bits per heavy atom. The number of benzene rings is 1. The lowest BCUT2D eigenvalue weighted by Crippen LogP contribution is -2.30. The largest absolute Gasteiger partial charge is 0.371 e. The summed E-state index contributed by atoms with van der Waals surface area (Å²) in [6.07, 6.45) is 0.423. The molecule has 0 fully saturated rings. The van der Waals surface area contributed by atoms with Crippen LogP contribution in [0.25, 0.3) is 0 Å². The van der Waals surface area contributed by atoms with Gasteiger partial charge in [-0.15, -0.1) is 0 Å². The Kier molecular flexibility index (Phi) is 4.47. The molecule has 0 saturated carbocycles. The van der Waals surface area contributed by atoms with E-state index in [1.807, 2.05) is 25.8 Å². The number of nitriles is 1. The van der Waals surface area contributed by atoms with E-state index in [1.54, 1.807) is 6.07 Å². The molecule has 2 N–H and O–H groups in total. The summed E-state index contributed by atoms with van der Waals surface area (Å²) in [6.45, 7) is 3.78. The normalized spacial score (nSPS) is 13.9. The summed E-state index contributed by atoms with van der Waals surface area (Å²) >= 11 is 0. The maximum absolute atomic E-state index is 13.2. The molecule has 0 amide bonds. The number of nitrogens with two attached hydrogens (primary N) is 1. The summed E-state index contributed by atoms with van der Waals surface area (Å²) in [7, 11) is 1.89. The van der Waals surface area contributed by atoms with Crippen LogP contribution in [0.1, 0.15) is 31.9 Å². The predicted octanol–water partition coefficient (Wildman–Crippen LogP) is 2.58. The maximum atomic E-state index is 13.2. The van der Waals surface area contributed by atoms with Crippen LogP contribution in [0.5, 0.6) is 0 Å². The molecular weight excluding hydrogens is 217 g/mol. The molecule has 0 aliphatic rings. The lowest BCUT2D eigenvalue weighted by Gasteiger charge is -2.28. The van der Waals surface area contributed by atoms with Gasteiger partial charge >= 0.3 is 0 Å². The highest BCUT2D eigenvalue weighted by atomic mass is 19.1. The fraction of sp³-hybridized carbons (Fsp3) is 0.462. The van der Waals surface area contributed by atoms with E-state index in [9.17, 15) is 4.39 Å². The second kappa shape index (κ2) is 5.65. The van der Waals surface area contributed by atoms with Crippen molar-refractivity contribution in [2.24, 2.45) is 5.73 Å². The first kappa shape index (κ1) is 13.5. The van der Waals surface area contributed by atoms with Gasteiger partial charge in [0.15, 0.2) is 0 Å². The van der Waals surface area contributed by atoms with Gasteiger partial charge in [-0.3, -0.25) is 0 Å². The summed E-state index contributed by atoms with van der Waals surface area (Å²) in [5, 5.41) is 8.69. The van der Waals surface area contributed by atoms with Gasteiger partial charge in [0.05, 0.1) is 12.5 Å². The molecule has 0 aliphatic heterocycles. The first-order valence-electron chi connectivity index (χ1n) is 5.62. The van der Waals surface area contributed by atoms with E-state index in [4.69, 9.17) is 11.0 Å². The highest BCUT2D eigenvalue weighted by Crippen LogP contribution is 2.27. The fourth-order valence-electron chi connectivity index (χ4n) is 1.72. The van der Waals surface area contributed by atoms with Crippen molar-refractivity contribution in [3.8, 4) is 6.07 Å². The van der Waals surface area contributed by atoms with Crippen LogP contribution in [-0.4, -0.2) is 13.1 Å². The van der Waals surface area contributed by atoms with Crippen LogP contribution in [0.15, 0.2) is 18.2 Å². The molecule has 1 unspecified atom stereocenters. The molecule has 0 saturated heterocycles. The topological polar surface area (TPSA) is 53.0 Å². The average molecular weight is 235 g/mol. The minimum absolute atomic E-state index is 0.0722. The van der Waals surface area contributed by atoms with Gasteiger partial charge < -0.3 is 10.6 Å². The quantitative estimate of drug-likeness (QED) is 0.872. The van der Waals surface area contributed by atoms with Crippen LogP contribution in [0, 0.1) is 17.1 Å². The summed E-state index contributed by atoms with van der Waals surface area (Å²) in [5.41, 5.74) is 7.48. The van der Waals surface area contributed by atoms with Crippen molar-refractivity contribution in [3.05, 3.63) is 29.6 Å². The minimum atomic E-state index is -0.289. The second-order valence-electron chi connectivity index (χ2n) is 4.31. The van der Waals surface area contributed by atoms with Crippen molar-refractivity contribution in [1.29, 1.82) is 5.26 Å². The van der Waals surface area contributed by atoms with E-state index in [2.05, 4.69) is 6.07 Å². The lowest BCUT2D eigenvalue weighted by atomic mass is 10.0. The number of rotatable bonds is 4. The summed E-state index contributed by atoms with van der Waals surface area (Å²) in [6, 6.07) is 6.54. The van der Waals surface area contributed by atoms with Crippen LogP contribution in [0.3, 0.4) is 0 Å². The lowest BCUT2D eigenvalue weighted by molar-refractivity contribution is 0.619. The van der Waals surface area contributed by atoms with E-state index >= 15 is 0 Å². The Morgan fingerprint density at radius 2 is 2.12 bits per heavy atom. The van der Waals surface area contributed by atoms with Gasteiger partial charge in [0.25, 0.3) is 0 Å². The zero-order chi connectivity index (χ0) is 13.0. The molecule has 17 heavy (non-hydrogen) atoms. The molecule has 1 aromatic carbocycles. The van der Waals surface area contributed by atoms with Gasteiger partial charge in [-0.2, -0.15) is 5.26 Å². The number of anilines is 1. The zero-order valence-corrected chi connectivity index (χ0v) is 10.4. The van der Waals surface area contributed by atoms with Gasteiger partial charge in [0.1, 0.15) is 5.82 Å². The van der Waals surface area contributed by atoms with Crippen molar-refractivity contribution < 1.29 is 4.39 Å². The SMILES string of the molecule is CC(CC#N)N(C)c1ccc(F)cc1[C@@H](C)N. The number of hydrogen-bond acceptors (Lipinski definition) is 3. The van der Waals surface area contributed by atoms with Gasteiger partial charge in [0.2, 0.25) is 0 Å². The number of nitrogens with zero attached hydrogens (tertiary/aromatic N) is 2. The Morgan fingerprint density at radius 3 is 2.65 bits per heavy atom. The molecule has 1 rings (SSSR count). The Bertz CT molecular complexity index is 423. The second-order valence-corrected chi connectivity index (χ2v) is 4.31. The standard InChI is InChI=1S/C13H18FN3/c1-9(6-7-15)17(3)13-5-4-11(14)8-12(13)10(2)16/h4-5,8-10H,6,16H2,1-3H3/t9?,10-/m1/s1. The molecule has 0 aliphatic carbocycles. The number of hydrogen-bond donors (Lipinski definition) is 1. The third-order valence-electron chi connectivity index (χ3n) is 2.91. The Hall–Kier alpha value is -1.60. The molecule has 0 spiro atoms. The van der Waals surface area contributed by atoms with Crippen LogP contribution in [0.2, 0.25) is 0 Å². The molecular formula is C13H18FN3. The predicted molar refractivity (Wildman–Crippen MR) is 67.1 cm³/mol. The fourth-order valence-corrected chi connectivity index (χ4v) is 1.72. The first-order valence-corrected chi connectivity index (χ1v) is 5.62. The molecule has 1 aromatic rings. The first-order chi connectivity index (χ1) is 7.97. The smallest absolute Gasteiger partial charge is 0.123 e. The van der Waals surface area contributed by atoms with E-state index in [-0.39, 0.29) is 17.9 Å². The monoisotopic (exact) mass is 235 g/mol. The van der Waals surface area contributed by atoms with Crippen LogP contribution >= 0.6 is 0 Å². The zero-order valence-electron chi connectivity index (χ0n) is 10.4. The van der Waals surface area contributed by atoms with E-state index < -0.39 is 0 Å². The summed E-state index contributed by atoms with van der Waals surface area (Å²) < 4.78 is 13.2. The molecule has 4 heteroatoms. The van der Waals surface area contributed by atoms with Gasteiger partial charge in [-0.1, -0.05) is 0 Å². The van der Waals surface area contributed by atoms with Crippen molar-refractivity contribution in [2.75, 3.05) is 11.9 Å². The average Bonchev–Trinajstić information content (AvgIpc) is 2.28. The Balaban J connectivity index is 3.09. The van der Waals surface area contributed by atoms with E-state index in [0.717, 1.165) is 11.3 Å². The van der Waals surface area contributed by atoms with E-state index in [0.29, 0.717) is 6.42 Å². The molecule has 92 valence electrons. The van der Waals surface area contributed by atoms with Crippen molar-refractivity contribution in [2.45, 2.75) is 32.4 Å². The van der Waals surface area contributed by atoms with Gasteiger partial charge in [-0.25, -0.2) is 4.39 Å². The Labute approximate surface area is 102 Å². The van der Waals surface area contributed by atoms with Gasteiger partial charge in [-0.05, 0) is 37.6 Å². The van der Waals surface area contributed by atoms with E-state index in [1.165, 1.54) is 12.1 Å². The van der Waals surface area contributed by atoms with Crippen molar-refractivity contribution in [1.82, 2.24) is 0 Å². The van der Waals surface area contributed by atoms with Crippen LogP contribution < -0.4 is 10.6 Å². The third kappa shape index (κ3) is 3.18. The highest BCUT2D eigenvalue weighted by molar-refractivity contribution is 5.55. The van der Waals surface area contributed by atoms with Crippen molar-refractivity contribution in [3.63, 3.8) is 0 Å². The number of halogens is 1. The van der Waals surface area contributed by atoms with Gasteiger partial charge in [0, 0.05) is 24.8 Å². The van der Waals surface area contributed by atoms with Crippen molar-refractivity contribution >= 4 is 5.69 Å². The van der Waals surface area contributed by atoms with Crippen LogP contribution in [-0.2, 0) is 0 Å². The molecule has 0 bridgehead atoms. The molecule has 0 heterocycles.